The lowest BCUT2D eigenvalue weighted by atomic mass is 9.66. The zero-order chi connectivity index (χ0) is 18.9. The summed E-state index contributed by atoms with van der Waals surface area (Å²) in [5, 5.41) is 1.71. The Balaban J connectivity index is 1.82. The highest BCUT2D eigenvalue weighted by molar-refractivity contribution is 5.87. The van der Waals surface area contributed by atoms with Crippen LogP contribution in [0.25, 0.3) is 10.8 Å². The fourth-order valence-corrected chi connectivity index (χ4v) is 4.71. The van der Waals surface area contributed by atoms with Crippen LogP contribution in [0.1, 0.15) is 63.5 Å². The van der Waals surface area contributed by atoms with E-state index in [9.17, 15) is 4.79 Å². The van der Waals surface area contributed by atoms with Crippen molar-refractivity contribution < 1.29 is 4.74 Å². The number of nitrogens with one attached hydrogen (secondary N) is 1. The SMILES string of the molecule is CCC(N)[C@]1(CC)CC[C@H](Oc2c(C)cc3c(=O)[nH]ccc3c2C)CC1. The van der Waals surface area contributed by atoms with Gasteiger partial charge in [-0.05, 0) is 86.4 Å². The summed E-state index contributed by atoms with van der Waals surface area (Å²) in [6, 6.07) is 4.19. The first-order chi connectivity index (χ1) is 12.4. The Labute approximate surface area is 156 Å². The van der Waals surface area contributed by atoms with Crippen molar-refractivity contribution in [2.45, 2.75) is 78.4 Å². The van der Waals surface area contributed by atoms with Crippen molar-refractivity contribution >= 4 is 10.8 Å². The Morgan fingerprint density at radius 1 is 1.27 bits per heavy atom. The molecule has 4 nitrogen and oxygen atoms in total. The molecular formula is C22H32N2O2. The smallest absolute Gasteiger partial charge is 0.255 e. The number of hydrogen-bond acceptors (Lipinski definition) is 3. The molecular weight excluding hydrogens is 324 g/mol. The van der Waals surface area contributed by atoms with Gasteiger partial charge in [0.1, 0.15) is 5.75 Å². The Bertz CT molecular complexity index is 832. The number of H-pyrrole nitrogens is 1. The Morgan fingerprint density at radius 3 is 2.58 bits per heavy atom. The third-order valence-corrected chi connectivity index (χ3v) is 6.61. The number of pyridine rings is 1. The Hall–Kier alpha value is -1.81. The zero-order valence-corrected chi connectivity index (χ0v) is 16.5. The van der Waals surface area contributed by atoms with Crippen LogP contribution in [0.5, 0.6) is 5.75 Å². The topological polar surface area (TPSA) is 68.1 Å². The van der Waals surface area contributed by atoms with Crippen LogP contribution < -0.4 is 16.0 Å². The maximum absolute atomic E-state index is 12.1. The van der Waals surface area contributed by atoms with Crippen LogP contribution in [-0.2, 0) is 0 Å². The number of aromatic amines is 1. The number of ether oxygens (including phenoxy) is 1. The first-order valence-corrected chi connectivity index (χ1v) is 9.95. The predicted octanol–water partition coefficient (Wildman–Crippen LogP) is 4.60. The number of rotatable bonds is 5. The number of fused-ring (bicyclic) bond motifs is 1. The fraction of sp³-hybridized carbons (Fsp3) is 0.591. The largest absolute Gasteiger partial charge is 0.490 e. The van der Waals surface area contributed by atoms with E-state index in [0.717, 1.165) is 66.2 Å². The van der Waals surface area contributed by atoms with Gasteiger partial charge >= 0.3 is 0 Å². The minimum absolute atomic E-state index is 0.0424. The van der Waals surface area contributed by atoms with Gasteiger partial charge in [-0.25, -0.2) is 0 Å². The van der Waals surface area contributed by atoms with Gasteiger partial charge in [0.25, 0.3) is 5.56 Å². The summed E-state index contributed by atoms with van der Waals surface area (Å²) in [7, 11) is 0. The molecule has 0 bridgehead atoms. The Morgan fingerprint density at radius 2 is 1.96 bits per heavy atom. The fourth-order valence-electron chi connectivity index (χ4n) is 4.71. The average Bonchev–Trinajstić information content (AvgIpc) is 2.66. The number of benzene rings is 1. The quantitative estimate of drug-likeness (QED) is 0.822. The van der Waals surface area contributed by atoms with Gasteiger partial charge in [-0.15, -0.1) is 0 Å². The molecule has 26 heavy (non-hydrogen) atoms. The summed E-state index contributed by atoms with van der Waals surface area (Å²) >= 11 is 0. The summed E-state index contributed by atoms with van der Waals surface area (Å²) in [5.41, 5.74) is 8.76. The maximum atomic E-state index is 12.1. The summed E-state index contributed by atoms with van der Waals surface area (Å²) in [6.45, 7) is 8.54. The van der Waals surface area contributed by atoms with Gasteiger partial charge in [-0.3, -0.25) is 4.79 Å². The van der Waals surface area contributed by atoms with E-state index in [1.807, 2.05) is 19.1 Å². The van der Waals surface area contributed by atoms with Crippen molar-refractivity contribution in [2.24, 2.45) is 11.1 Å². The van der Waals surface area contributed by atoms with Crippen molar-refractivity contribution in [3.8, 4) is 5.75 Å². The van der Waals surface area contributed by atoms with Crippen LogP contribution >= 0.6 is 0 Å². The second-order valence-electron chi connectivity index (χ2n) is 7.96. The van der Waals surface area contributed by atoms with Crippen LogP contribution in [0.2, 0.25) is 0 Å². The lowest BCUT2D eigenvalue weighted by Gasteiger charge is -2.43. The molecule has 1 heterocycles. The van der Waals surface area contributed by atoms with Gasteiger partial charge in [0, 0.05) is 17.6 Å². The van der Waals surface area contributed by atoms with E-state index in [0.29, 0.717) is 0 Å². The highest BCUT2D eigenvalue weighted by Crippen LogP contribution is 2.44. The van der Waals surface area contributed by atoms with Gasteiger partial charge in [-0.2, -0.15) is 0 Å². The van der Waals surface area contributed by atoms with Crippen molar-refractivity contribution in [1.82, 2.24) is 4.98 Å². The number of aryl methyl sites for hydroxylation is 2. The second-order valence-corrected chi connectivity index (χ2v) is 7.96. The molecule has 0 spiro atoms. The summed E-state index contributed by atoms with van der Waals surface area (Å²) < 4.78 is 6.46. The third kappa shape index (κ3) is 3.27. The van der Waals surface area contributed by atoms with E-state index in [-0.39, 0.29) is 23.1 Å². The standard InChI is InChI=1S/C22H32N2O2/c1-5-19(23)22(6-2)10-7-16(8-11-22)26-20-14(3)13-18-17(15(20)4)9-12-24-21(18)25/h9,12-13,16,19H,5-8,10-11,23H2,1-4H3,(H,24,25)/t16-,19?,22+. The van der Waals surface area contributed by atoms with E-state index in [1.165, 1.54) is 0 Å². The molecule has 1 aromatic carbocycles. The van der Waals surface area contributed by atoms with Crippen molar-refractivity contribution in [3.05, 3.63) is 39.8 Å². The van der Waals surface area contributed by atoms with Gasteiger partial charge in [0.2, 0.25) is 0 Å². The molecule has 0 amide bonds. The minimum atomic E-state index is -0.0424. The molecule has 1 unspecified atom stereocenters. The van der Waals surface area contributed by atoms with Crippen LogP contribution in [0.15, 0.2) is 23.1 Å². The van der Waals surface area contributed by atoms with Gasteiger partial charge in [0.05, 0.1) is 6.10 Å². The molecule has 3 rings (SSSR count). The first-order valence-electron chi connectivity index (χ1n) is 9.95. The molecule has 0 saturated heterocycles. The molecule has 142 valence electrons. The van der Waals surface area contributed by atoms with Gasteiger partial charge in [0.15, 0.2) is 0 Å². The van der Waals surface area contributed by atoms with Crippen LogP contribution in [0.4, 0.5) is 0 Å². The van der Waals surface area contributed by atoms with Crippen LogP contribution in [-0.4, -0.2) is 17.1 Å². The lowest BCUT2D eigenvalue weighted by Crippen LogP contribution is -2.45. The molecule has 4 heteroatoms. The molecule has 1 aromatic heterocycles. The number of aromatic nitrogens is 1. The molecule has 1 saturated carbocycles. The normalized spacial score (nSPS) is 24.6. The van der Waals surface area contributed by atoms with Crippen molar-refractivity contribution in [2.75, 3.05) is 0 Å². The van der Waals surface area contributed by atoms with E-state index in [2.05, 4.69) is 25.8 Å². The highest BCUT2D eigenvalue weighted by atomic mass is 16.5. The van der Waals surface area contributed by atoms with E-state index < -0.39 is 0 Å². The molecule has 2 aromatic rings. The molecule has 1 atom stereocenters. The maximum Gasteiger partial charge on any atom is 0.255 e. The lowest BCUT2D eigenvalue weighted by molar-refractivity contribution is 0.0562. The summed E-state index contributed by atoms with van der Waals surface area (Å²) in [5.74, 6) is 0.942. The highest BCUT2D eigenvalue weighted by Gasteiger charge is 2.38. The van der Waals surface area contributed by atoms with E-state index in [1.54, 1.807) is 6.20 Å². The Kier molecular flexibility index (Phi) is 5.42. The van der Waals surface area contributed by atoms with Crippen LogP contribution in [0, 0.1) is 19.3 Å². The van der Waals surface area contributed by atoms with E-state index in [4.69, 9.17) is 10.5 Å². The molecule has 1 aliphatic carbocycles. The number of hydrogen-bond donors (Lipinski definition) is 2. The predicted molar refractivity (Wildman–Crippen MR) is 108 cm³/mol. The second kappa shape index (κ2) is 7.43. The zero-order valence-electron chi connectivity index (χ0n) is 16.5. The van der Waals surface area contributed by atoms with Gasteiger partial charge in [-0.1, -0.05) is 13.8 Å². The van der Waals surface area contributed by atoms with E-state index >= 15 is 0 Å². The molecule has 1 aliphatic rings. The first kappa shape index (κ1) is 19.0. The molecule has 0 aliphatic heterocycles. The molecule has 1 fully saturated rings. The van der Waals surface area contributed by atoms with Crippen LogP contribution in [0.3, 0.4) is 0 Å². The van der Waals surface area contributed by atoms with Crippen molar-refractivity contribution in [1.29, 1.82) is 0 Å². The summed E-state index contributed by atoms with van der Waals surface area (Å²) in [6.07, 6.45) is 8.49. The molecule has 3 N–H and O–H groups in total. The van der Waals surface area contributed by atoms with Gasteiger partial charge < -0.3 is 15.5 Å². The third-order valence-electron chi connectivity index (χ3n) is 6.61. The van der Waals surface area contributed by atoms with Crippen molar-refractivity contribution in [3.63, 3.8) is 0 Å². The number of nitrogens with two attached hydrogens (primary N) is 1. The average molecular weight is 357 g/mol. The summed E-state index contributed by atoms with van der Waals surface area (Å²) in [4.78, 5) is 14.8. The molecule has 0 radical (unpaired) electrons. The monoisotopic (exact) mass is 356 g/mol. The minimum Gasteiger partial charge on any atom is -0.490 e.